The second-order valence-corrected chi connectivity index (χ2v) is 5.42. The molecule has 2 aromatic rings. The Balaban J connectivity index is 2.02. The van der Waals surface area contributed by atoms with Crippen LogP contribution < -0.4 is 10.6 Å². The van der Waals surface area contributed by atoms with Crippen LogP contribution in [-0.4, -0.2) is 16.0 Å². The highest BCUT2D eigenvalue weighted by Crippen LogP contribution is 2.22. The van der Waals surface area contributed by atoms with Gasteiger partial charge in [-0.2, -0.15) is 0 Å². The van der Waals surface area contributed by atoms with Gasteiger partial charge < -0.3 is 5.32 Å². The van der Waals surface area contributed by atoms with Crippen LogP contribution in [0.25, 0.3) is 0 Å². The fraction of sp³-hybridized carbons (Fsp3) is 0.0714. The Bertz CT molecular complexity index is 706. The zero-order chi connectivity index (χ0) is 15.4. The summed E-state index contributed by atoms with van der Waals surface area (Å²) in [6.45, 7) is 1.86. The first kappa shape index (κ1) is 15.7. The van der Waals surface area contributed by atoms with E-state index < -0.39 is 0 Å². The van der Waals surface area contributed by atoms with Crippen LogP contribution in [0.1, 0.15) is 16.1 Å². The molecule has 1 amide bonds. The summed E-state index contributed by atoms with van der Waals surface area (Å²) in [5, 5.41) is 6.24. The molecule has 0 aliphatic rings. The topological polar surface area (TPSA) is 54.0 Å². The van der Waals surface area contributed by atoms with Crippen molar-refractivity contribution in [2.75, 3.05) is 5.32 Å². The third-order valence-corrected chi connectivity index (χ3v) is 3.48. The van der Waals surface area contributed by atoms with Crippen molar-refractivity contribution in [1.29, 1.82) is 0 Å². The summed E-state index contributed by atoms with van der Waals surface area (Å²) in [7, 11) is 0. The van der Waals surface area contributed by atoms with Crippen LogP contribution in [0.4, 0.5) is 5.82 Å². The van der Waals surface area contributed by atoms with Crippen LogP contribution in [0, 0.1) is 6.92 Å². The molecule has 0 spiro atoms. The Hall–Kier alpha value is -1.69. The van der Waals surface area contributed by atoms with Crippen molar-refractivity contribution in [3.63, 3.8) is 0 Å². The largest absolute Gasteiger partial charge is 0.317 e. The predicted octanol–water partition coefficient (Wildman–Crippen LogP) is 3.82. The van der Waals surface area contributed by atoms with E-state index in [2.05, 4.69) is 15.6 Å². The highest BCUT2D eigenvalue weighted by atomic mass is 35.5. The molecule has 0 radical (unpaired) electrons. The van der Waals surface area contributed by atoms with Crippen LogP contribution in [0.2, 0.25) is 10.0 Å². The third kappa shape index (κ3) is 4.39. The number of rotatable bonds is 2. The van der Waals surface area contributed by atoms with Crippen molar-refractivity contribution in [2.45, 2.75) is 6.92 Å². The lowest BCUT2D eigenvalue weighted by atomic mass is 10.2. The van der Waals surface area contributed by atoms with E-state index in [-0.39, 0.29) is 11.0 Å². The fourth-order valence-corrected chi connectivity index (χ4v) is 2.07. The van der Waals surface area contributed by atoms with Crippen molar-refractivity contribution in [2.24, 2.45) is 0 Å². The van der Waals surface area contributed by atoms with Gasteiger partial charge in [-0.05, 0) is 49.5 Å². The number of benzene rings is 1. The normalized spacial score (nSPS) is 10.0. The van der Waals surface area contributed by atoms with E-state index in [0.29, 0.717) is 21.4 Å². The summed E-state index contributed by atoms with van der Waals surface area (Å²) < 4.78 is 0. The SMILES string of the molecule is Cc1cccc(NC(=S)NC(=O)c2ccc(Cl)c(Cl)c2)n1. The van der Waals surface area contributed by atoms with Crippen molar-refractivity contribution >= 4 is 52.3 Å². The van der Waals surface area contributed by atoms with Gasteiger partial charge in [0.1, 0.15) is 5.82 Å². The molecule has 2 N–H and O–H groups in total. The molecule has 1 aromatic carbocycles. The molecule has 0 atom stereocenters. The molecule has 0 saturated carbocycles. The average molecular weight is 340 g/mol. The average Bonchev–Trinajstić information content (AvgIpc) is 2.41. The third-order valence-electron chi connectivity index (χ3n) is 2.54. The zero-order valence-corrected chi connectivity index (χ0v) is 13.3. The minimum Gasteiger partial charge on any atom is -0.317 e. The lowest BCUT2D eigenvalue weighted by Crippen LogP contribution is -2.34. The fourth-order valence-electron chi connectivity index (χ4n) is 1.57. The quantitative estimate of drug-likeness (QED) is 0.816. The van der Waals surface area contributed by atoms with Gasteiger partial charge in [0.25, 0.3) is 5.91 Å². The highest BCUT2D eigenvalue weighted by Gasteiger charge is 2.10. The summed E-state index contributed by atoms with van der Waals surface area (Å²) in [5.41, 5.74) is 1.21. The van der Waals surface area contributed by atoms with Crippen molar-refractivity contribution in [3.8, 4) is 0 Å². The number of nitrogens with one attached hydrogen (secondary N) is 2. The van der Waals surface area contributed by atoms with Gasteiger partial charge in [0.2, 0.25) is 0 Å². The zero-order valence-electron chi connectivity index (χ0n) is 11.0. The van der Waals surface area contributed by atoms with Gasteiger partial charge in [0, 0.05) is 11.3 Å². The number of halogens is 2. The molecule has 0 saturated heterocycles. The molecule has 0 fully saturated rings. The predicted molar refractivity (Wildman–Crippen MR) is 89.1 cm³/mol. The lowest BCUT2D eigenvalue weighted by Gasteiger charge is -2.09. The number of anilines is 1. The minimum atomic E-state index is -0.376. The number of thiocarbonyl (C=S) groups is 1. The van der Waals surface area contributed by atoms with Crippen LogP contribution in [0.15, 0.2) is 36.4 Å². The second kappa shape index (κ2) is 6.85. The van der Waals surface area contributed by atoms with Crippen LogP contribution in [0.3, 0.4) is 0 Å². The molecule has 21 heavy (non-hydrogen) atoms. The van der Waals surface area contributed by atoms with E-state index in [0.717, 1.165) is 5.69 Å². The number of carbonyl (C=O) groups is 1. The summed E-state index contributed by atoms with van der Waals surface area (Å²) in [5.74, 6) is 0.188. The number of pyridine rings is 1. The molecule has 1 aromatic heterocycles. The Morgan fingerprint density at radius 3 is 2.62 bits per heavy atom. The van der Waals surface area contributed by atoms with Crippen LogP contribution in [-0.2, 0) is 0 Å². The number of nitrogens with zero attached hydrogens (tertiary/aromatic N) is 1. The van der Waals surface area contributed by atoms with Crippen LogP contribution in [0.5, 0.6) is 0 Å². The van der Waals surface area contributed by atoms with Crippen molar-refractivity contribution in [3.05, 3.63) is 57.7 Å². The first-order valence-electron chi connectivity index (χ1n) is 5.97. The Morgan fingerprint density at radius 2 is 1.95 bits per heavy atom. The number of hydrogen-bond acceptors (Lipinski definition) is 3. The maximum absolute atomic E-state index is 12.0. The van der Waals surface area contributed by atoms with Crippen molar-refractivity contribution in [1.82, 2.24) is 10.3 Å². The molecule has 2 rings (SSSR count). The molecule has 0 aliphatic heterocycles. The summed E-state index contributed by atoms with van der Waals surface area (Å²) in [6, 6.07) is 10.1. The van der Waals surface area contributed by atoms with Gasteiger partial charge in [-0.1, -0.05) is 29.3 Å². The summed E-state index contributed by atoms with van der Waals surface area (Å²) in [6.07, 6.45) is 0. The van der Waals surface area contributed by atoms with E-state index in [1.165, 1.54) is 6.07 Å². The maximum atomic E-state index is 12.0. The number of carbonyl (C=O) groups excluding carboxylic acids is 1. The number of aryl methyl sites for hydroxylation is 1. The first-order valence-corrected chi connectivity index (χ1v) is 7.13. The van der Waals surface area contributed by atoms with Gasteiger partial charge in [-0.25, -0.2) is 4.98 Å². The Labute approximate surface area is 137 Å². The molecule has 108 valence electrons. The molecule has 0 bridgehead atoms. The number of hydrogen-bond donors (Lipinski definition) is 2. The molecular weight excluding hydrogens is 329 g/mol. The van der Waals surface area contributed by atoms with Crippen LogP contribution >= 0.6 is 35.4 Å². The van der Waals surface area contributed by atoms with Gasteiger partial charge in [0.05, 0.1) is 10.0 Å². The van der Waals surface area contributed by atoms with E-state index in [4.69, 9.17) is 35.4 Å². The van der Waals surface area contributed by atoms with E-state index >= 15 is 0 Å². The molecule has 7 heteroatoms. The van der Waals surface area contributed by atoms with Gasteiger partial charge >= 0.3 is 0 Å². The number of aromatic nitrogens is 1. The summed E-state index contributed by atoms with van der Waals surface area (Å²) in [4.78, 5) is 16.2. The standard InChI is InChI=1S/C14H11Cl2N3OS/c1-8-3-2-4-12(17-8)18-14(21)19-13(20)9-5-6-10(15)11(16)7-9/h2-7H,1H3,(H2,17,18,19,20,21). The minimum absolute atomic E-state index is 0.157. The molecule has 4 nitrogen and oxygen atoms in total. The smallest absolute Gasteiger partial charge is 0.257 e. The Kier molecular flexibility index (Phi) is 5.12. The van der Waals surface area contributed by atoms with Crippen molar-refractivity contribution < 1.29 is 4.79 Å². The van der Waals surface area contributed by atoms with E-state index in [1.54, 1.807) is 18.2 Å². The molecule has 0 unspecified atom stereocenters. The van der Waals surface area contributed by atoms with Gasteiger partial charge in [-0.15, -0.1) is 0 Å². The van der Waals surface area contributed by atoms with E-state index in [1.807, 2.05) is 19.1 Å². The maximum Gasteiger partial charge on any atom is 0.257 e. The van der Waals surface area contributed by atoms with Gasteiger partial charge in [-0.3, -0.25) is 10.1 Å². The second-order valence-electron chi connectivity index (χ2n) is 4.20. The highest BCUT2D eigenvalue weighted by molar-refractivity contribution is 7.80. The van der Waals surface area contributed by atoms with Gasteiger partial charge in [0.15, 0.2) is 5.11 Å². The monoisotopic (exact) mass is 339 g/mol. The molecule has 1 heterocycles. The van der Waals surface area contributed by atoms with E-state index in [9.17, 15) is 4.79 Å². The Morgan fingerprint density at radius 1 is 1.19 bits per heavy atom. The lowest BCUT2D eigenvalue weighted by molar-refractivity contribution is 0.0978. The summed E-state index contributed by atoms with van der Waals surface area (Å²) >= 11 is 16.7. The molecular formula is C14H11Cl2N3OS. The number of amides is 1. The first-order chi connectivity index (χ1) is 9.95. The molecule has 0 aliphatic carbocycles.